The number of primary amides is 1. The molecule has 2 rings (SSSR count). The van der Waals surface area contributed by atoms with Crippen LogP contribution in [0, 0.1) is 17.0 Å². The SMILES string of the molecule is Cc1cc(OCCn2cc([N+](=O)[O-])cc(C(N)=O)c2=O)ccc1C(C)C. The van der Waals surface area contributed by atoms with Gasteiger partial charge in [0.05, 0.1) is 17.7 Å². The second kappa shape index (κ2) is 7.81. The predicted octanol–water partition coefficient (Wildman–Crippen LogP) is 2.37. The van der Waals surface area contributed by atoms with Crippen molar-refractivity contribution in [2.45, 2.75) is 33.2 Å². The van der Waals surface area contributed by atoms with Gasteiger partial charge in [-0.15, -0.1) is 0 Å². The van der Waals surface area contributed by atoms with Crippen molar-refractivity contribution in [2.24, 2.45) is 5.73 Å². The Kier molecular flexibility index (Phi) is 5.76. The van der Waals surface area contributed by atoms with E-state index in [1.807, 2.05) is 25.1 Å². The van der Waals surface area contributed by atoms with Crippen LogP contribution in [0.4, 0.5) is 5.69 Å². The van der Waals surface area contributed by atoms with Crippen molar-refractivity contribution < 1.29 is 14.5 Å². The Morgan fingerprint density at radius 2 is 2.04 bits per heavy atom. The Morgan fingerprint density at radius 3 is 2.58 bits per heavy atom. The summed E-state index contributed by atoms with van der Waals surface area (Å²) in [6.45, 7) is 6.36. The zero-order chi connectivity index (χ0) is 19.4. The predicted molar refractivity (Wildman–Crippen MR) is 96.6 cm³/mol. The summed E-state index contributed by atoms with van der Waals surface area (Å²) in [4.78, 5) is 33.8. The van der Waals surface area contributed by atoms with Crippen LogP contribution in [0.2, 0.25) is 0 Å². The van der Waals surface area contributed by atoms with Crippen molar-refractivity contribution >= 4 is 11.6 Å². The van der Waals surface area contributed by atoms with Crippen molar-refractivity contribution in [3.63, 3.8) is 0 Å². The zero-order valence-corrected chi connectivity index (χ0v) is 14.9. The number of pyridine rings is 1. The highest BCUT2D eigenvalue weighted by Crippen LogP contribution is 2.23. The number of hydrogen-bond acceptors (Lipinski definition) is 5. The summed E-state index contributed by atoms with van der Waals surface area (Å²) >= 11 is 0. The summed E-state index contributed by atoms with van der Waals surface area (Å²) < 4.78 is 6.70. The van der Waals surface area contributed by atoms with E-state index in [9.17, 15) is 19.7 Å². The third-order valence-corrected chi connectivity index (χ3v) is 4.01. The summed E-state index contributed by atoms with van der Waals surface area (Å²) in [5.41, 5.74) is 5.96. The smallest absolute Gasteiger partial charge is 0.286 e. The number of amides is 1. The van der Waals surface area contributed by atoms with Crippen molar-refractivity contribution in [3.05, 3.63) is 67.6 Å². The number of aromatic nitrogens is 1. The molecule has 138 valence electrons. The van der Waals surface area contributed by atoms with Gasteiger partial charge in [-0.1, -0.05) is 19.9 Å². The van der Waals surface area contributed by atoms with Gasteiger partial charge in [-0.2, -0.15) is 0 Å². The molecule has 8 nitrogen and oxygen atoms in total. The fourth-order valence-corrected chi connectivity index (χ4v) is 2.71. The standard InChI is InChI=1S/C18H21N3O5/c1-11(2)15-5-4-14(8-12(15)3)26-7-6-20-10-13(21(24)25)9-16(17(19)22)18(20)23/h4-5,8-11H,6-7H2,1-3H3,(H2,19,22). The van der Waals surface area contributed by atoms with Crippen LogP contribution in [-0.4, -0.2) is 22.0 Å². The van der Waals surface area contributed by atoms with Gasteiger partial charge in [0.1, 0.15) is 17.9 Å². The number of ether oxygens (including phenoxy) is 1. The fraction of sp³-hybridized carbons (Fsp3) is 0.333. The van der Waals surface area contributed by atoms with Crippen molar-refractivity contribution in [1.29, 1.82) is 0 Å². The summed E-state index contributed by atoms with van der Waals surface area (Å²) in [5.74, 6) is 0.0356. The molecule has 8 heteroatoms. The number of benzene rings is 1. The summed E-state index contributed by atoms with van der Waals surface area (Å²) in [5, 5.41) is 11.0. The molecular formula is C18H21N3O5. The maximum atomic E-state index is 12.2. The lowest BCUT2D eigenvalue weighted by Crippen LogP contribution is -2.31. The van der Waals surface area contributed by atoms with Crippen molar-refractivity contribution in [2.75, 3.05) is 6.61 Å². The van der Waals surface area contributed by atoms with Crippen LogP contribution in [0.3, 0.4) is 0 Å². The van der Waals surface area contributed by atoms with E-state index >= 15 is 0 Å². The Balaban J connectivity index is 2.17. The Morgan fingerprint density at radius 1 is 1.35 bits per heavy atom. The first-order valence-corrected chi connectivity index (χ1v) is 8.12. The summed E-state index contributed by atoms with van der Waals surface area (Å²) in [7, 11) is 0. The first kappa shape index (κ1) is 19.2. The van der Waals surface area contributed by atoms with E-state index < -0.39 is 22.0 Å². The van der Waals surface area contributed by atoms with Crippen LogP contribution in [0.25, 0.3) is 0 Å². The van der Waals surface area contributed by atoms with Crippen LogP contribution in [-0.2, 0) is 6.54 Å². The first-order chi connectivity index (χ1) is 12.2. The molecule has 0 unspecified atom stereocenters. The minimum atomic E-state index is -1.01. The van der Waals surface area contributed by atoms with E-state index in [1.165, 1.54) is 5.56 Å². The number of nitrogens with zero attached hydrogens (tertiary/aromatic N) is 2. The lowest BCUT2D eigenvalue weighted by molar-refractivity contribution is -0.385. The van der Waals surface area contributed by atoms with Gasteiger partial charge in [0.15, 0.2) is 0 Å². The highest BCUT2D eigenvalue weighted by atomic mass is 16.6. The van der Waals surface area contributed by atoms with Crippen LogP contribution in [0.15, 0.2) is 35.3 Å². The summed E-state index contributed by atoms with van der Waals surface area (Å²) in [6, 6.07) is 6.61. The van der Waals surface area contributed by atoms with Gasteiger partial charge in [-0.05, 0) is 36.1 Å². The normalized spacial score (nSPS) is 10.8. The molecule has 0 fully saturated rings. The molecule has 0 saturated carbocycles. The topological polar surface area (TPSA) is 117 Å². The van der Waals surface area contributed by atoms with E-state index in [0.29, 0.717) is 11.7 Å². The van der Waals surface area contributed by atoms with Crippen molar-refractivity contribution in [1.82, 2.24) is 4.57 Å². The van der Waals surface area contributed by atoms with E-state index in [-0.39, 0.29) is 18.8 Å². The Hall–Kier alpha value is -3.16. The maximum Gasteiger partial charge on any atom is 0.286 e. The molecule has 1 amide bonds. The van der Waals surface area contributed by atoms with E-state index in [4.69, 9.17) is 10.5 Å². The monoisotopic (exact) mass is 359 g/mol. The average molecular weight is 359 g/mol. The third kappa shape index (κ3) is 4.27. The van der Waals surface area contributed by atoms with Gasteiger partial charge >= 0.3 is 0 Å². The fourth-order valence-electron chi connectivity index (χ4n) is 2.71. The van der Waals surface area contributed by atoms with Crippen LogP contribution >= 0.6 is 0 Å². The van der Waals surface area contributed by atoms with E-state index in [2.05, 4.69) is 13.8 Å². The van der Waals surface area contributed by atoms with E-state index in [0.717, 1.165) is 22.4 Å². The van der Waals surface area contributed by atoms with Crippen molar-refractivity contribution in [3.8, 4) is 5.75 Å². The Labute approximate surface area is 150 Å². The number of hydrogen-bond donors (Lipinski definition) is 1. The van der Waals surface area contributed by atoms with Gasteiger partial charge in [0, 0.05) is 6.07 Å². The number of nitrogens with two attached hydrogens (primary N) is 1. The van der Waals surface area contributed by atoms with Gasteiger partial charge in [0.2, 0.25) is 0 Å². The Bertz CT molecular complexity index is 902. The van der Waals surface area contributed by atoms with Crippen LogP contribution < -0.4 is 16.0 Å². The number of rotatable bonds is 7. The molecule has 2 aromatic rings. The molecule has 26 heavy (non-hydrogen) atoms. The molecule has 1 aromatic heterocycles. The maximum absolute atomic E-state index is 12.2. The van der Waals surface area contributed by atoms with Crippen LogP contribution in [0.1, 0.15) is 41.3 Å². The molecule has 0 aliphatic rings. The van der Waals surface area contributed by atoms with Crippen LogP contribution in [0.5, 0.6) is 5.75 Å². The van der Waals surface area contributed by atoms with Gasteiger partial charge in [-0.25, -0.2) is 0 Å². The molecular weight excluding hydrogens is 338 g/mol. The molecule has 0 atom stereocenters. The van der Waals surface area contributed by atoms with Gasteiger partial charge < -0.3 is 15.0 Å². The number of carbonyl (C=O) groups is 1. The molecule has 2 N–H and O–H groups in total. The summed E-state index contributed by atoms with van der Waals surface area (Å²) in [6.07, 6.45) is 1.07. The second-order valence-electron chi connectivity index (χ2n) is 6.25. The number of carbonyl (C=O) groups excluding carboxylic acids is 1. The second-order valence-corrected chi connectivity index (χ2v) is 6.25. The lowest BCUT2D eigenvalue weighted by Gasteiger charge is -2.13. The van der Waals surface area contributed by atoms with Gasteiger partial charge in [0.25, 0.3) is 17.2 Å². The molecule has 0 aliphatic heterocycles. The molecule has 0 aliphatic carbocycles. The molecule has 0 radical (unpaired) electrons. The quantitative estimate of drug-likeness (QED) is 0.601. The lowest BCUT2D eigenvalue weighted by atomic mass is 9.98. The molecule has 0 bridgehead atoms. The molecule has 0 saturated heterocycles. The number of nitro groups is 1. The highest BCUT2D eigenvalue weighted by Gasteiger charge is 2.17. The third-order valence-electron chi connectivity index (χ3n) is 4.01. The van der Waals surface area contributed by atoms with Gasteiger partial charge in [-0.3, -0.25) is 19.7 Å². The zero-order valence-electron chi connectivity index (χ0n) is 14.9. The highest BCUT2D eigenvalue weighted by molar-refractivity contribution is 5.92. The molecule has 1 aromatic carbocycles. The molecule has 1 heterocycles. The largest absolute Gasteiger partial charge is 0.492 e. The minimum Gasteiger partial charge on any atom is -0.492 e. The minimum absolute atomic E-state index is 0.0474. The molecule has 0 spiro atoms. The average Bonchev–Trinajstić information content (AvgIpc) is 2.55. The number of aryl methyl sites for hydroxylation is 1. The van der Waals surface area contributed by atoms with E-state index in [1.54, 1.807) is 0 Å². The first-order valence-electron chi connectivity index (χ1n) is 8.12.